The Hall–Kier alpha value is -1.68. The van der Waals surface area contributed by atoms with Gasteiger partial charge in [-0.2, -0.15) is 0 Å². The minimum atomic E-state index is 0.0994. The average molecular weight is 343 g/mol. The number of amides is 1. The molecule has 1 amide bonds. The van der Waals surface area contributed by atoms with Gasteiger partial charge in [-0.05, 0) is 17.9 Å². The molecule has 1 aromatic carbocycles. The second kappa shape index (κ2) is 8.97. The molecule has 3 nitrogen and oxygen atoms in total. The number of nitrogens with one attached hydrogen (secondary N) is 1. The van der Waals surface area contributed by atoms with Gasteiger partial charge in [0.15, 0.2) is 0 Å². The van der Waals surface area contributed by atoms with Crippen LogP contribution >= 0.6 is 11.3 Å². The van der Waals surface area contributed by atoms with Crippen LogP contribution < -0.4 is 5.32 Å². The Labute approximate surface area is 148 Å². The minimum absolute atomic E-state index is 0.0994. The number of hydrogen-bond acceptors (Lipinski definition) is 3. The van der Waals surface area contributed by atoms with E-state index in [0.717, 1.165) is 36.0 Å². The van der Waals surface area contributed by atoms with Gasteiger partial charge in [-0.15, -0.1) is 11.3 Å². The van der Waals surface area contributed by atoms with Crippen molar-refractivity contribution in [2.45, 2.75) is 51.4 Å². The van der Waals surface area contributed by atoms with Gasteiger partial charge >= 0.3 is 0 Å². The van der Waals surface area contributed by atoms with E-state index in [1.54, 1.807) is 11.3 Å². The summed E-state index contributed by atoms with van der Waals surface area (Å²) in [5.41, 5.74) is 2.15. The number of benzene rings is 1. The van der Waals surface area contributed by atoms with E-state index in [9.17, 15) is 4.79 Å². The van der Waals surface area contributed by atoms with Gasteiger partial charge in [-0.3, -0.25) is 4.79 Å². The van der Waals surface area contributed by atoms with E-state index in [0.29, 0.717) is 6.42 Å². The van der Waals surface area contributed by atoms with Gasteiger partial charge in [0.1, 0.15) is 0 Å². The Balaban J connectivity index is 1.40. The van der Waals surface area contributed by atoms with Crippen LogP contribution in [0.2, 0.25) is 0 Å². The fourth-order valence-electron chi connectivity index (χ4n) is 3.40. The first kappa shape index (κ1) is 17.2. The van der Waals surface area contributed by atoms with Crippen LogP contribution in [0.1, 0.15) is 54.8 Å². The number of nitrogens with zero attached hydrogens (tertiary/aromatic N) is 1. The number of hydrogen-bond donors (Lipinski definition) is 1. The van der Waals surface area contributed by atoms with Crippen LogP contribution in [-0.4, -0.2) is 17.4 Å². The lowest BCUT2D eigenvalue weighted by Crippen LogP contribution is -2.27. The molecule has 1 N–H and O–H groups in total. The zero-order chi connectivity index (χ0) is 16.6. The third-order valence-electron chi connectivity index (χ3n) is 4.74. The lowest BCUT2D eigenvalue weighted by molar-refractivity contribution is -0.120. The lowest BCUT2D eigenvalue weighted by Gasteiger charge is -2.21. The molecule has 0 radical (unpaired) electrons. The molecule has 3 rings (SSSR count). The van der Waals surface area contributed by atoms with Crippen LogP contribution in [-0.2, 0) is 17.6 Å². The first-order valence-electron chi connectivity index (χ1n) is 9.03. The minimum Gasteiger partial charge on any atom is -0.356 e. The predicted molar refractivity (Wildman–Crippen MR) is 99.3 cm³/mol. The highest BCUT2D eigenvalue weighted by Gasteiger charge is 2.14. The van der Waals surface area contributed by atoms with Crippen molar-refractivity contribution in [3.63, 3.8) is 0 Å². The molecule has 0 spiro atoms. The highest BCUT2D eigenvalue weighted by Crippen LogP contribution is 2.25. The van der Waals surface area contributed by atoms with Gasteiger partial charge in [-0.25, -0.2) is 4.98 Å². The van der Waals surface area contributed by atoms with Gasteiger partial charge in [0.05, 0.1) is 17.1 Å². The van der Waals surface area contributed by atoms with Gasteiger partial charge in [0.2, 0.25) is 5.91 Å². The standard InChI is InChI=1S/C20H26N2OS/c23-19(21-12-11-16-7-3-1-4-8-16)14-18-15-24-20(22-18)13-17-9-5-2-6-10-17/h2,5-6,9-10,15-16H,1,3-4,7-8,11-14H2,(H,21,23). The molecule has 4 heteroatoms. The van der Waals surface area contributed by atoms with Gasteiger partial charge < -0.3 is 5.32 Å². The number of rotatable bonds is 7. The Morgan fingerprint density at radius 2 is 1.96 bits per heavy atom. The molecule has 1 saturated carbocycles. The van der Waals surface area contributed by atoms with Gasteiger partial charge in [0, 0.05) is 18.3 Å². The zero-order valence-corrected chi connectivity index (χ0v) is 15.0. The SMILES string of the molecule is O=C(Cc1csc(Cc2ccccc2)n1)NCCC1CCCCC1. The molecule has 0 saturated heterocycles. The summed E-state index contributed by atoms with van der Waals surface area (Å²) in [7, 11) is 0. The molecule has 0 unspecified atom stereocenters. The topological polar surface area (TPSA) is 42.0 Å². The van der Waals surface area contributed by atoms with E-state index in [1.807, 2.05) is 23.6 Å². The highest BCUT2D eigenvalue weighted by atomic mass is 32.1. The molecule has 1 fully saturated rings. The lowest BCUT2D eigenvalue weighted by atomic mass is 9.87. The van der Waals surface area contributed by atoms with Crippen molar-refractivity contribution >= 4 is 17.2 Å². The Kier molecular flexibility index (Phi) is 6.41. The summed E-state index contributed by atoms with van der Waals surface area (Å²) in [5.74, 6) is 0.915. The predicted octanol–water partition coefficient (Wildman–Crippen LogP) is 4.36. The molecule has 1 heterocycles. The largest absolute Gasteiger partial charge is 0.356 e. The van der Waals surface area contributed by atoms with E-state index in [2.05, 4.69) is 22.4 Å². The molecule has 24 heavy (non-hydrogen) atoms. The van der Waals surface area contributed by atoms with Crippen molar-refractivity contribution in [2.75, 3.05) is 6.54 Å². The summed E-state index contributed by atoms with van der Waals surface area (Å²) >= 11 is 1.64. The normalized spacial score (nSPS) is 15.3. The average Bonchev–Trinajstić information content (AvgIpc) is 3.03. The van der Waals surface area contributed by atoms with Crippen LogP contribution in [0.3, 0.4) is 0 Å². The fraction of sp³-hybridized carbons (Fsp3) is 0.500. The third kappa shape index (κ3) is 5.45. The molecular weight excluding hydrogens is 316 g/mol. The van der Waals surface area contributed by atoms with Crippen LogP contribution in [0.25, 0.3) is 0 Å². The Morgan fingerprint density at radius 3 is 2.75 bits per heavy atom. The van der Waals surface area contributed by atoms with Crippen molar-refractivity contribution in [1.82, 2.24) is 10.3 Å². The van der Waals surface area contributed by atoms with Crippen molar-refractivity contribution in [2.24, 2.45) is 5.92 Å². The molecule has 1 aliphatic carbocycles. The summed E-state index contributed by atoms with van der Waals surface area (Å²) < 4.78 is 0. The monoisotopic (exact) mass is 342 g/mol. The summed E-state index contributed by atoms with van der Waals surface area (Å²) in [4.78, 5) is 16.7. The zero-order valence-electron chi connectivity index (χ0n) is 14.2. The Morgan fingerprint density at radius 1 is 1.17 bits per heavy atom. The molecule has 128 valence electrons. The summed E-state index contributed by atoms with van der Waals surface area (Å²) in [6.45, 7) is 0.810. The quantitative estimate of drug-likeness (QED) is 0.812. The highest BCUT2D eigenvalue weighted by molar-refractivity contribution is 7.09. The van der Waals surface area contributed by atoms with Crippen molar-refractivity contribution < 1.29 is 4.79 Å². The summed E-state index contributed by atoms with van der Waals surface area (Å²) in [5, 5.41) is 6.15. The van der Waals surface area contributed by atoms with Crippen molar-refractivity contribution in [1.29, 1.82) is 0 Å². The number of carbonyl (C=O) groups excluding carboxylic acids is 1. The molecular formula is C20H26N2OS. The molecule has 0 bridgehead atoms. The summed E-state index contributed by atoms with van der Waals surface area (Å²) in [6.07, 6.45) is 9.16. The maximum absolute atomic E-state index is 12.1. The van der Waals surface area contributed by atoms with E-state index in [-0.39, 0.29) is 5.91 Å². The summed E-state index contributed by atoms with van der Waals surface area (Å²) in [6, 6.07) is 10.3. The molecule has 1 aliphatic rings. The third-order valence-corrected chi connectivity index (χ3v) is 5.64. The maximum Gasteiger partial charge on any atom is 0.226 e. The molecule has 0 aliphatic heterocycles. The maximum atomic E-state index is 12.1. The van der Waals surface area contributed by atoms with E-state index < -0.39 is 0 Å². The molecule has 1 aromatic heterocycles. The smallest absolute Gasteiger partial charge is 0.226 e. The van der Waals surface area contributed by atoms with E-state index in [1.165, 1.54) is 37.7 Å². The van der Waals surface area contributed by atoms with Crippen LogP contribution in [0.15, 0.2) is 35.7 Å². The number of carbonyl (C=O) groups is 1. The first-order chi connectivity index (χ1) is 11.8. The van der Waals surface area contributed by atoms with E-state index in [4.69, 9.17) is 0 Å². The van der Waals surface area contributed by atoms with Crippen molar-refractivity contribution in [3.05, 3.63) is 52.0 Å². The second-order valence-electron chi connectivity index (χ2n) is 6.71. The van der Waals surface area contributed by atoms with Crippen LogP contribution in [0, 0.1) is 5.92 Å². The Bertz CT molecular complexity index is 632. The van der Waals surface area contributed by atoms with Crippen LogP contribution in [0.4, 0.5) is 0 Å². The molecule has 0 atom stereocenters. The van der Waals surface area contributed by atoms with Gasteiger partial charge in [0.25, 0.3) is 0 Å². The fourth-order valence-corrected chi connectivity index (χ4v) is 4.23. The number of thiazole rings is 1. The van der Waals surface area contributed by atoms with Gasteiger partial charge in [-0.1, -0.05) is 62.4 Å². The second-order valence-corrected chi connectivity index (χ2v) is 7.66. The molecule has 2 aromatic rings. The van der Waals surface area contributed by atoms with E-state index >= 15 is 0 Å². The van der Waals surface area contributed by atoms with Crippen LogP contribution in [0.5, 0.6) is 0 Å². The van der Waals surface area contributed by atoms with Crippen molar-refractivity contribution in [3.8, 4) is 0 Å². The first-order valence-corrected chi connectivity index (χ1v) is 9.91. The number of aromatic nitrogens is 1.